The van der Waals surface area contributed by atoms with Crippen molar-refractivity contribution >= 4 is 22.9 Å². The lowest BCUT2D eigenvalue weighted by Crippen LogP contribution is -2.46. The summed E-state index contributed by atoms with van der Waals surface area (Å²) in [6, 6.07) is 7.87. The zero-order valence-corrected chi connectivity index (χ0v) is 13.8. The van der Waals surface area contributed by atoms with Crippen molar-refractivity contribution in [2.75, 3.05) is 25.1 Å². The Kier molecular flexibility index (Phi) is 3.93. The fraction of sp³-hybridized carbons (Fsp3) is 0.294. The Morgan fingerprint density at radius 3 is 3.16 bits per heavy atom. The van der Waals surface area contributed by atoms with E-state index < -0.39 is 0 Å². The first-order chi connectivity index (χ1) is 12.2. The number of nitrogens with one attached hydrogen (secondary N) is 2. The number of ether oxygens (including phenoxy) is 1. The topological polar surface area (TPSA) is 96.0 Å². The smallest absolute Gasteiger partial charge is 0.239 e. The molecule has 4 rings (SSSR count). The van der Waals surface area contributed by atoms with E-state index in [1.54, 1.807) is 11.2 Å². The molecule has 1 unspecified atom stereocenters. The molecule has 0 aliphatic carbocycles. The van der Waals surface area contributed by atoms with Crippen molar-refractivity contribution in [1.82, 2.24) is 25.3 Å². The normalized spacial score (nSPS) is 16.1. The van der Waals surface area contributed by atoms with E-state index in [1.807, 2.05) is 31.3 Å². The van der Waals surface area contributed by atoms with Gasteiger partial charge in [-0.3, -0.25) is 4.79 Å². The van der Waals surface area contributed by atoms with Gasteiger partial charge in [-0.15, -0.1) is 0 Å². The molecule has 0 saturated heterocycles. The van der Waals surface area contributed by atoms with Crippen LogP contribution in [-0.4, -0.2) is 52.1 Å². The number of hydrogen-bond acceptors (Lipinski definition) is 6. The molecule has 3 heterocycles. The van der Waals surface area contributed by atoms with Gasteiger partial charge in [-0.2, -0.15) is 0 Å². The Hall–Kier alpha value is -3.16. The van der Waals surface area contributed by atoms with Gasteiger partial charge in [-0.05, 0) is 18.1 Å². The van der Waals surface area contributed by atoms with Crippen molar-refractivity contribution < 1.29 is 9.53 Å². The van der Waals surface area contributed by atoms with Gasteiger partial charge in [0.2, 0.25) is 5.91 Å². The average Bonchev–Trinajstić information content (AvgIpc) is 3.10. The molecule has 2 N–H and O–H groups in total. The van der Waals surface area contributed by atoms with E-state index in [0.717, 1.165) is 17.7 Å². The van der Waals surface area contributed by atoms with Crippen LogP contribution in [-0.2, 0) is 11.2 Å². The van der Waals surface area contributed by atoms with Crippen molar-refractivity contribution in [1.29, 1.82) is 0 Å². The van der Waals surface area contributed by atoms with Crippen LogP contribution in [0.1, 0.15) is 5.56 Å². The van der Waals surface area contributed by atoms with Crippen LogP contribution in [0.3, 0.4) is 0 Å². The number of likely N-dealkylation sites (N-methyl/N-ethyl adjacent to an activating group) is 1. The van der Waals surface area contributed by atoms with Gasteiger partial charge in [0.15, 0.2) is 11.5 Å². The van der Waals surface area contributed by atoms with Crippen molar-refractivity contribution in [3.05, 3.63) is 42.5 Å². The molecular formula is C17H18N6O2. The SMILES string of the molecule is CN(CC(=O)NC1COc2ccccc2C1)c1ncnc2nc[nH]c12. The molecule has 25 heavy (non-hydrogen) atoms. The van der Waals surface area contributed by atoms with Crippen LogP contribution in [0, 0.1) is 0 Å². The number of hydrogen-bond donors (Lipinski definition) is 2. The molecule has 1 amide bonds. The van der Waals surface area contributed by atoms with Crippen LogP contribution in [0.5, 0.6) is 5.75 Å². The van der Waals surface area contributed by atoms with Crippen LogP contribution >= 0.6 is 0 Å². The number of para-hydroxylation sites is 1. The first kappa shape index (κ1) is 15.4. The van der Waals surface area contributed by atoms with E-state index >= 15 is 0 Å². The summed E-state index contributed by atoms with van der Waals surface area (Å²) in [7, 11) is 1.81. The van der Waals surface area contributed by atoms with Gasteiger partial charge in [0.25, 0.3) is 0 Å². The summed E-state index contributed by atoms with van der Waals surface area (Å²) in [5.74, 6) is 1.46. The average molecular weight is 338 g/mol. The minimum absolute atomic E-state index is 0.0339. The van der Waals surface area contributed by atoms with Crippen LogP contribution in [0.15, 0.2) is 36.9 Å². The second-order valence-corrected chi connectivity index (χ2v) is 6.04. The standard InChI is InChI=1S/C17H18N6O2/c1-23(17-15-16(19-9-18-15)20-10-21-17)7-14(24)22-12-6-11-4-2-3-5-13(11)25-8-12/h2-5,9-10,12H,6-8H2,1H3,(H,22,24)(H,18,19,20,21). The molecule has 8 nitrogen and oxygen atoms in total. The minimum Gasteiger partial charge on any atom is -0.491 e. The maximum absolute atomic E-state index is 12.4. The third kappa shape index (κ3) is 3.10. The molecule has 0 fully saturated rings. The van der Waals surface area contributed by atoms with Crippen LogP contribution in [0.2, 0.25) is 0 Å². The van der Waals surface area contributed by atoms with Gasteiger partial charge in [0, 0.05) is 7.05 Å². The summed E-state index contributed by atoms with van der Waals surface area (Å²) in [6.45, 7) is 0.661. The van der Waals surface area contributed by atoms with Crippen molar-refractivity contribution in [3.63, 3.8) is 0 Å². The monoisotopic (exact) mass is 338 g/mol. The highest BCUT2D eigenvalue weighted by molar-refractivity contribution is 5.87. The highest BCUT2D eigenvalue weighted by atomic mass is 16.5. The van der Waals surface area contributed by atoms with E-state index in [2.05, 4.69) is 25.3 Å². The largest absolute Gasteiger partial charge is 0.491 e. The van der Waals surface area contributed by atoms with Crippen LogP contribution in [0.4, 0.5) is 5.82 Å². The fourth-order valence-electron chi connectivity index (χ4n) is 3.03. The number of benzene rings is 1. The van der Waals surface area contributed by atoms with E-state index in [1.165, 1.54) is 6.33 Å². The zero-order valence-electron chi connectivity index (χ0n) is 13.8. The lowest BCUT2D eigenvalue weighted by Gasteiger charge is -2.27. The molecule has 0 saturated carbocycles. The lowest BCUT2D eigenvalue weighted by atomic mass is 10.0. The molecule has 0 bridgehead atoms. The van der Waals surface area contributed by atoms with Crippen molar-refractivity contribution in [2.45, 2.75) is 12.5 Å². The molecule has 2 aromatic heterocycles. The Labute approximate surface area is 144 Å². The molecule has 1 atom stereocenters. The summed E-state index contributed by atoms with van der Waals surface area (Å²) >= 11 is 0. The number of amides is 1. The second-order valence-electron chi connectivity index (χ2n) is 6.04. The predicted molar refractivity (Wildman–Crippen MR) is 92.5 cm³/mol. The summed E-state index contributed by atoms with van der Waals surface area (Å²) in [5.41, 5.74) is 2.41. The Morgan fingerprint density at radius 2 is 2.24 bits per heavy atom. The number of anilines is 1. The summed E-state index contributed by atoms with van der Waals surface area (Å²) in [5, 5.41) is 3.03. The van der Waals surface area contributed by atoms with Gasteiger partial charge >= 0.3 is 0 Å². The first-order valence-corrected chi connectivity index (χ1v) is 8.06. The van der Waals surface area contributed by atoms with Crippen LogP contribution < -0.4 is 15.0 Å². The first-order valence-electron chi connectivity index (χ1n) is 8.06. The number of carbonyl (C=O) groups excluding carboxylic acids is 1. The van der Waals surface area contributed by atoms with Gasteiger partial charge in [-0.1, -0.05) is 18.2 Å². The quantitative estimate of drug-likeness (QED) is 0.734. The summed E-state index contributed by atoms with van der Waals surface area (Å²) < 4.78 is 5.71. The van der Waals surface area contributed by atoms with E-state index in [4.69, 9.17) is 4.74 Å². The van der Waals surface area contributed by atoms with Gasteiger partial charge in [0.05, 0.1) is 18.9 Å². The van der Waals surface area contributed by atoms with Crippen molar-refractivity contribution in [2.24, 2.45) is 0 Å². The number of rotatable bonds is 4. The number of imidazole rings is 1. The molecule has 3 aromatic rings. The van der Waals surface area contributed by atoms with E-state index in [0.29, 0.717) is 23.6 Å². The number of fused-ring (bicyclic) bond motifs is 2. The number of carbonyl (C=O) groups is 1. The van der Waals surface area contributed by atoms with Crippen molar-refractivity contribution in [3.8, 4) is 5.75 Å². The number of nitrogens with zero attached hydrogens (tertiary/aromatic N) is 4. The minimum atomic E-state index is -0.0817. The van der Waals surface area contributed by atoms with E-state index in [9.17, 15) is 4.79 Å². The van der Waals surface area contributed by atoms with Gasteiger partial charge in [0.1, 0.15) is 24.2 Å². The van der Waals surface area contributed by atoms with Crippen LogP contribution in [0.25, 0.3) is 11.2 Å². The molecule has 1 aromatic carbocycles. The fourth-order valence-corrected chi connectivity index (χ4v) is 3.03. The summed E-state index contributed by atoms with van der Waals surface area (Å²) in [6.07, 6.45) is 3.77. The van der Waals surface area contributed by atoms with Gasteiger partial charge < -0.3 is 19.9 Å². The zero-order chi connectivity index (χ0) is 17.2. The Morgan fingerprint density at radius 1 is 1.36 bits per heavy atom. The number of aromatic amines is 1. The molecule has 8 heteroatoms. The highest BCUT2D eigenvalue weighted by Crippen LogP contribution is 2.24. The maximum Gasteiger partial charge on any atom is 0.239 e. The maximum atomic E-state index is 12.4. The third-order valence-corrected chi connectivity index (χ3v) is 4.19. The third-order valence-electron chi connectivity index (χ3n) is 4.19. The number of aromatic nitrogens is 4. The van der Waals surface area contributed by atoms with Gasteiger partial charge in [-0.25, -0.2) is 15.0 Å². The molecule has 128 valence electrons. The number of H-pyrrole nitrogens is 1. The second kappa shape index (κ2) is 6.39. The lowest BCUT2D eigenvalue weighted by molar-refractivity contribution is -0.120. The highest BCUT2D eigenvalue weighted by Gasteiger charge is 2.22. The molecule has 0 spiro atoms. The molecular weight excluding hydrogens is 320 g/mol. The predicted octanol–water partition coefficient (Wildman–Crippen LogP) is 0.909. The molecule has 1 aliphatic rings. The molecule has 0 radical (unpaired) electrons. The Balaban J connectivity index is 1.40. The Bertz CT molecular complexity index is 909. The molecule has 1 aliphatic heterocycles. The summed E-state index contributed by atoms with van der Waals surface area (Å²) in [4.78, 5) is 29.6. The van der Waals surface area contributed by atoms with E-state index in [-0.39, 0.29) is 18.5 Å².